The predicted molar refractivity (Wildman–Crippen MR) is 69.4 cm³/mol. The number of nitrogens with zero attached hydrogens (tertiary/aromatic N) is 2. The van der Waals surface area contributed by atoms with Crippen LogP contribution in [0.4, 0.5) is 11.6 Å². The molecule has 1 fully saturated rings. The second kappa shape index (κ2) is 5.16. The lowest BCUT2D eigenvalue weighted by molar-refractivity contribution is 0.0614. The lowest BCUT2D eigenvalue weighted by Crippen LogP contribution is -2.33. The van der Waals surface area contributed by atoms with E-state index >= 15 is 0 Å². The van der Waals surface area contributed by atoms with E-state index in [2.05, 4.69) is 36.6 Å². The molecule has 94 valence electrons. The van der Waals surface area contributed by atoms with Crippen LogP contribution in [0.15, 0.2) is 10.8 Å². The number of nitrogens with one attached hydrogen (secondary N) is 2. The maximum atomic E-state index is 10.2. The molecule has 0 aliphatic heterocycles. The number of nitrogen functional groups attached to an aromatic ring is 1. The van der Waals surface area contributed by atoms with Gasteiger partial charge >= 0.3 is 0 Å². The summed E-state index contributed by atoms with van der Waals surface area (Å²) >= 11 is 3.36. The van der Waals surface area contributed by atoms with Crippen molar-refractivity contribution in [2.75, 3.05) is 17.3 Å². The summed E-state index contributed by atoms with van der Waals surface area (Å²) in [5.74, 6) is 6.46. The Labute approximate surface area is 108 Å². The van der Waals surface area contributed by atoms with Gasteiger partial charge in [0.05, 0.1) is 5.60 Å². The molecule has 0 aromatic carbocycles. The molecule has 6 nitrogen and oxygen atoms in total. The molecule has 5 N–H and O–H groups in total. The summed E-state index contributed by atoms with van der Waals surface area (Å²) in [5.41, 5.74) is 1.86. The molecule has 2 rings (SSSR count). The van der Waals surface area contributed by atoms with Crippen LogP contribution in [0.5, 0.6) is 0 Å². The number of halogens is 1. The first-order chi connectivity index (χ1) is 8.14. The summed E-state index contributed by atoms with van der Waals surface area (Å²) in [7, 11) is 0. The Morgan fingerprint density at radius 2 is 2.00 bits per heavy atom. The fraction of sp³-hybridized carbons (Fsp3) is 0.600. The van der Waals surface area contributed by atoms with Gasteiger partial charge in [0.25, 0.3) is 0 Å². The van der Waals surface area contributed by atoms with E-state index in [4.69, 9.17) is 5.84 Å². The highest BCUT2D eigenvalue weighted by Crippen LogP contribution is 2.31. The molecule has 0 spiro atoms. The monoisotopic (exact) mass is 301 g/mol. The van der Waals surface area contributed by atoms with E-state index < -0.39 is 5.60 Å². The quantitative estimate of drug-likeness (QED) is 0.494. The SMILES string of the molecule is NNc1ncnc(NCC2(O)CCCC2)c1Br. The van der Waals surface area contributed by atoms with Gasteiger partial charge in [-0.1, -0.05) is 12.8 Å². The summed E-state index contributed by atoms with van der Waals surface area (Å²) in [5, 5.41) is 13.3. The smallest absolute Gasteiger partial charge is 0.159 e. The number of anilines is 2. The first kappa shape index (κ1) is 12.5. The van der Waals surface area contributed by atoms with Gasteiger partial charge in [-0.3, -0.25) is 0 Å². The number of hydrogen-bond donors (Lipinski definition) is 4. The van der Waals surface area contributed by atoms with Gasteiger partial charge in [-0.2, -0.15) is 0 Å². The zero-order valence-corrected chi connectivity index (χ0v) is 11.0. The maximum Gasteiger partial charge on any atom is 0.159 e. The molecule has 17 heavy (non-hydrogen) atoms. The third-order valence-electron chi connectivity index (χ3n) is 3.05. The van der Waals surface area contributed by atoms with Crippen LogP contribution in [-0.4, -0.2) is 27.2 Å². The number of rotatable bonds is 4. The molecule has 0 radical (unpaired) electrons. The van der Waals surface area contributed by atoms with E-state index in [1.165, 1.54) is 6.33 Å². The van der Waals surface area contributed by atoms with Gasteiger partial charge in [0.15, 0.2) is 5.82 Å². The highest BCUT2D eigenvalue weighted by atomic mass is 79.9. The van der Waals surface area contributed by atoms with Gasteiger partial charge in [-0.25, -0.2) is 15.8 Å². The van der Waals surface area contributed by atoms with Crippen LogP contribution in [0.1, 0.15) is 25.7 Å². The van der Waals surface area contributed by atoms with Crippen LogP contribution in [0, 0.1) is 0 Å². The van der Waals surface area contributed by atoms with Crippen molar-refractivity contribution in [2.24, 2.45) is 5.84 Å². The summed E-state index contributed by atoms with van der Waals surface area (Å²) < 4.78 is 0.670. The molecular weight excluding hydrogens is 286 g/mol. The van der Waals surface area contributed by atoms with Crippen molar-refractivity contribution in [3.05, 3.63) is 10.8 Å². The van der Waals surface area contributed by atoms with Gasteiger partial charge in [-0.15, -0.1) is 0 Å². The van der Waals surface area contributed by atoms with Crippen molar-refractivity contribution in [1.29, 1.82) is 0 Å². The lowest BCUT2D eigenvalue weighted by atomic mass is 10.0. The van der Waals surface area contributed by atoms with Crippen LogP contribution in [0.3, 0.4) is 0 Å². The Morgan fingerprint density at radius 3 is 2.65 bits per heavy atom. The second-order valence-corrected chi connectivity index (χ2v) is 5.11. The van der Waals surface area contributed by atoms with E-state index in [0.29, 0.717) is 22.7 Å². The molecule has 0 atom stereocenters. The molecule has 1 aliphatic carbocycles. The highest BCUT2D eigenvalue weighted by Gasteiger charge is 2.31. The maximum absolute atomic E-state index is 10.2. The van der Waals surface area contributed by atoms with Crippen molar-refractivity contribution < 1.29 is 5.11 Å². The van der Waals surface area contributed by atoms with Crippen molar-refractivity contribution in [2.45, 2.75) is 31.3 Å². The minimum atomic E-state index is -0.610. The summed E-state index contributed by atoms with van der Waals surface area (Å²) in [6.07, 6.45) is 5.26. The van der Waals surface area contributed by atoms with Crippen molar-refractivity contribution in [1.82, 2.24) is 9.97 Å². The second-order valence-electron chi connectivity index (χ2n) is 4.31. The van der Waals surface area contributed by atoms with E-state index in [0.717, 1.165) is 25.7 Å². The minimum absolute atomic E-state index is 0.493. The van der Waals surface area contributed by atoms with Gasteiger partial charge < -0.3 is 15.8 Å². The van der Waals surface area contributed by atoms with Crippen LogP contribution < -0.4 is 16.6 Å². The molecular formula is C10H16BrN5O. The average molecular weight is 302 g/mol. The molecule has 1 aromatic heterocycles. The number of nitrogens with two attached hydrogens (primary N) is 1. The Hall–Kier alpha value is -0.920. The van der Waals surface area contributed by atoms with Gasteiger partial charge in [0.1, 0.15) is 16.6 Å². The zero-order valence-electron chi connectivity index (χ0n) is 9.41. The van der Waals surface area contributed by atoms with Crippen molar-refractivity contribution in [3.8, 4) is 0 Å². The Morgan fingerprint density at radius 1 is 1.35 bits per heavy atom. The number of aromatic nitrogens is 2. The number of hydrogen-bond acceptors (Lipinski definition) is 6. The topological polar surface area (TPSA) is 96.1 Å². The molecule has 1 saturated carbocycles. The Bertz CT molecular complexity index is 394. The first-order valence-corrected chi connectivity index (χ1v) is 6.37. The Balaban J connectivity index is 2.03. The lowest BCUT2D eigenvalue weighted by Gasteiger charge is -2.23. The number of aliphatic hydroxyl groups is 1. The molecule has 0 unspecified atom stereocenters. The third-order valence-corrected chi connectivity index (χ3v) is 3.80. The minimum Gasteiger partial charge on any atom is -0.388 e. The van der Waals surface area contributed by atoms with Crippen molar-refractivity contribution >= 4 is 27.6 Å². The normalized spacial score (nSPS) is 18.1. The van der Waals surface area contributed by atoms with Gasteiger partial charge in [0, 0.05) is 6.54 Å². The largest absolute Gasteiger partial charge is 0.388 e. The molecule has 1 heterocycles. The van der Waals surface area contributed by atoms with Gasteiger partial charge in [-0.05, 0) is 28.8 Å². The fourth-order valence-corrected chi connectivity index (χ4v) is 2.51. The van der Waals surface area contributed by atoms with Crippen LogP contribution >= 0.6 is 15.9 Å². The molecule has 0 saturated heterocycles. The van der Waals surface area contributed by atoms with Crippen LogP contribution in [0.25, 0.3) is 0 Å². The molecule has 1 aliphatic rings. The van der Waals surface area contributed by atoms with E-state index in [1.54, 1.807) is 0 Å². The van der Waals surface area contributed by atoms with E-state index in [1.807, 2.05) is 0 Å². The predicted octanol–water partition coefficient (Wildman–Crippen LogP) is 1.24. The standard InChI is InChI=1S/C10H16BrN5O/c11-7-8(14-6-15-9(7)16-12)13-5-10(17)3-1-2-4-10/h6,17H,1-5,12H2,(H2,13,14,15,16). The molecule has 7 heteroatoms. The third kappa shape index (κ3) is 2.85. The van der Waals surface area contributed by atoms with Gasteiger partial charge in [0.2, 0.25) is 0 Å². The molecule has 0 amide bonds. The Kier molecular flexibility index (Phi) is 3.80. The molecule has 1 aromatic rings. The van der Waals surface area contributed by atoms with E-state index in [-0.39, 0.29) is 0 Å². The fourth-order valence-electron chi connectivity index (χ4n) is 2.05. The summed E-state index contributed by atoms with van der Waals surface area (Å²) in [6.45, 7) is 0.493. The van der Waals surface area contributed by atoms with Crippen LogP contribution in [-0.2, 0) is 0 Å². The summed E-state index contributed by atoms with van der Waals surface area (Å²) in [4.78, 5) is 8.06. The highest BCUT2D eigenvalue weighted by molar-refractivity contribution is 9.10. The summed E-state index contributed by atoms with van der Waals surface area (Å²) in [6, 6.07) is 0. The van der Waals surface area contributed by atoms with Crippen LogP contribution in [0.2, 0.25) is 0 Å². The van der Waals surface area contributed by atoms with E-state index in [9.17, 15) is 5.11 Å². The van der Waals surface area contributed by atoms with Crippen molar-refractivity contribution in [3.63, 3.8) is 0 Å². The first-order valence-electron chi connectivity index (χ1n) is 5.58. The number of hydrazine groups is 1. The zero-order chi connectivity index (χ0) is 12.3. The average Bonchev–Trinajstić information content (AvgIpc) is 2.75. The molecule has 0 bridgehead atoms.